The number of ether oxygens (including phenoxy) is 1. The Balaban J connectivity index is 3.08. The zero-order valence-electron chi connectivity index (χ0n) is 8.21. The zero-order valence-corrected chi connectivity index (χ0v) is 8.21. The van der Waals surface area contributed by atoms with E-state index in [2.05, 4.69) is 10.2 Å². The maximum Gasteiger partial charge on any atom is 0.0897 e. The van der Waals surface area contributed by atoms with Crippen LogP contribution in [0.25, 0.3) is 0 Å². The second-order valence-electron chi connectivity index (χ2n) is 3.12. The summed E-state index contributed by atoms with van der Waals surface area (Å²) in [4.78, 5) is 2.09. The first kappa shape index (κ1) is 11.8. The summed E-state index contributed by atoms with van der Waals surface area (Å²) >= 11 is 0. The van der Waals surface area contributed by atoms with E-state index in [0.717, 1.165) is 13.1 Å². The van der Waals surface area contributed by atoms with E-state index in [1.165, 1.54) is 0 Å². The third-order valence-electron chi connectivity index (χ3n) is 1.47. The summed E-state index contributed by atoms with van der Waals surface area (Å²) in [5, 5.41) is 12.3. The van der Waals surface area contributed by atoms with Crippen LogP contribution in [0.2, 0.25) is 0 Å². The number of nitrogens with one attached hydrogen (secondary N) is 1. The lowest BCUT2D eigenvalue weighted by atomic mass is 10.4. The number of rotatable bonds is 7. The molecule has 0 aromatic carbocycles. The van der Waals surface area contributed by atoms with Crippen molar-refractivity contribution in [3.05, 3.63) is 0 Å². The van der Waals surface area contributed by atoms with Gasteiger partial charge in [0.2, 0.25) is 0 Å². The van der Waals surface area contributed by atoms with Crippen LogP contribution in [-0.2, 0) is 4.74 Å². The van der Waals surface area contributed by atoms with Gasteiger partial charge in [0, 0.05) is 26.7 Å². The van der Waals surface area contributed by atoms with Crippen molar-refractivity contribution < 1.29 is 9.84 Å². The van der Waals surface area contributed by atoms with Crippen LogP contribution in [-0.4, -0.2) is 63.6 Å². The number of hydrogen-bond acceptors (Lipinski definition) is 4. The summed E-state index contributed by atoms with van der Waals surface area (Å²) in [6, 6.07) is 0. The third kappa shape index (κ3) is 7.94. The largest absolute Gasteiger partial charge is 0.389 e. The molecule has 0 heterocycles. The van der Waals surface area contributed by atoms with Crippen LogP contribution in [0.5, 0.6) is 0 Å². The number of aliphatic hydroxyl groups is 1. The van der Waals surface area contributed by atoms with Crippen LogP contribution in [0.15, 0.2) is 0 Å². The highest BCUT2D eigenvalue weighted by molar-refractivity contribution is 4.58. The van der Waals surface area contributed by atoms with Crippen molar-refractivity contribution in [1.29, 1.82) is 0 Å². The highest BCUT2D eigenvalue weighted by Crippen LogP contribution is 1.80. The number of nitrogens with zero attached hydrogens (tertiary/aromatic N) is 1. The lowest BCUT2D eigenvalue weighted by Crippen LogP contribution is -2.34. The molecule has 0 radical (unpaired) electrons. The summed E-state index contributed by atoms with van der Waals surface area (Å²) in [6.45, 7) is 2.88. The fraction of sp³-hybridized carbons (Fsp3) is 1.00. The van der Waals surface area contributed by atoms with E-state index in [1.807, 2.05) is 14.1 Å². The molecule has 0 saturated heterocycles. The van der Waals surface area contributed by atoms with Gasteiger partial charge in [-0.2, -0.15) is 0 Å². The lowest BCUT2D eigenvalue weighted by molar-refractivity contribution is 0.0644. The minimum atomic E-state index is -0.392. The average Bonchev–Trinajstić information content (AvgIpc) is 1.98. The normalized spacial score (nSPS) is 13.8. The fourth-order valence-electron chi connectivity index (χ4n) is 0.823. The first-order valence-corrected chi connectivity index (χ1v) is 4.19. The van der Waals surface area contributed by atoms with Crippen LogP contribution < -0.4 is 5.32 Å². The molecule has 0 bridgehead atoms. The molecule has 4 heteroatoms. The molecule has 0 aliphatic rings. The van der Waals surface area contributed by atoms with Crippen LogP contribution in [0.4, 0.5) is 0 Å². The Morgan fingerprint density at radius 3 is 2.67 bits per heavy atom. The van der Waals surface area contributed by atoms with Crippen LogP contribution >= 0.6 is 0 Å². The summed E-state index contributed by atoms with van der Waals surface area (Å²) in [5.74, 6) is 0. The van der Waals surface area contributed by atoms with Crippen molar-refractivity contribution >= 4 is 0 Å². The molecule has 0 aromatic rings. The minimum Gasteiger partial charge on any atom is -0.389 e. The van der Waals surface area contributed by atoms with E-state index in [9.17, 15) is 5.11 Å². The van der Waals surface area contributed by atoms with E-state index >= 15 is 0 Å². The van der Waals surface area contributed by atoms with Gasteiger partial charge in [0.15, 0.2) is 0 Å². The lowest BCUT2D eigenvalue weighted by Gasteiger charge is -2.13. The summed E-state index contributed by atoms with van der Waals surface area (Å²) < 4.78 is 4.78. The van der Waals surface area contributed by atoms with Crippen LogP contribution in [0.1, 0.15) is 0 Å². The molecular weight excluding hydrogens is 156 g/mol. The topological polar surface area (TPSA) is 44.7 Å². The van der Waals surface area contributed by atoms with Gasteiger partial charge in [0.25, 0.3) is 0 Å². The molecule has 1 atom stereocenters. The Morgan fingerprint density at radius 2 is 2.17 bits per heavy atom. The van der Waals surface area contributed by atoms with Crippen molar-refractivity contribution in [1.82, 2.24) is 10.2 Å². The van der Waals surface area contributed by atoms with Crippen molar-refractivity contribution in [3.8, 4) is 0 Å². The Labute approximate surface area is 74.5 Å². The van der Waals surface area contributed by atoms with Gasteiger partial charge in [-0.15, -0.1) is 0 Å². The molecule has 0 saturated carbocycles. The van der Waals surface area contributed by atoms with Crippen molar-refractivity contribution in [3.63, 3.8) is 0 Å². The van der Waals surface area contributed by atoms with Gasteiger partial charge in [0.05, 0.1) is 12.7 Å². The van der Waals surface area contributed by atoms with E-state index in [-0.39, 0.29) is 0 Å². The van der Waals surface area contributed by atoms with Gasteiger partial charge in [-0.25, -0.2) is 0 Å². The highest BCUT2D eigenvalue weighted by Gasteiger charge is 2.01. The quantitative estimate of drug-likeness (QED) is 0.496. The van der Waals surface area contributed by atoms with E-state index in [0.29, 0.717) is 13.2 Å². The molecule has 0 aliphatic carbocycles. The molecule has 12 heavy (non-hydrogen) atoms. The molecular formula is C8H20N2O2. The Morgan fingerprint density at radius 1 is 1.50 bits per heavy atom. The van der Waals surface area contributed by atoms with Gasteiger partial charge in [0.1, 0.15) is 0 Å². The first-order chi connectivity index (χ1) is 5.66. The molecule has 74 valence electrons. The molecule has 0 aliphatic heterocycles. The van der Waals surface area contributed by atoms with Gasteiger partial charge in [-0.3, -0.25) is 0 Å². The molecule has 0 fully saturated rings. The molecule has 0 aromatic heterocycles. The summed E-state index contributed by atoms with van der Waals surface area (Å²) in [5.41, 5.74) is 0. The first-order valence-electron chi connectivity index (χ1n) is 4.19. The standard InChI is InChI=1S/C8H20N2O2/c1-10(2)5-4-9-6-8(11)7-12-3/h8-9,11H,4-7H2,1-3H3. The zero-order chi connectivity index (χ0) is 9.40. The fourth-order valence-corrected chi connectivity index (χ4v) is 0.823. The average molecular weight is 176 g/mol. The molecule has 0 spiro atoms. The van der Waals surface area contributed by atoms with E-state index < -0.39 is 6.10 Å². The van der Waals surface area contributed by atoms with Crippen molar-refractivity contribution in [2.24, 2.45) is 0 Å². The number of hydrogen-bond donors (Lipinski definition) is 2. The number of likely N-dealkylation sites (N-methyl/N-ethyl adjacent to an activating group) is 1. The van der Waals surface area contributed by atoms with Crippen molar-refractivity contribution in [2.45, 2.75) is 6.10 Å². The highest BCUT2D eigenvalue weighted by atomic mass is 16.5. The summed E-state index contributed by atoms with van der Waals surface area (Å²) in [7, 11) is 5.63. The van der Waals surface area contributed by atoms with E-state index in [1.54, 1.807) is 7.11 Å². The van der Waals surface area contributed by atoms with Gasteiger partial charge in [-0.05, 0) is 14.1 Å². The predicted molar refractivity (Wildman–Crippen MR) is 49.3 cm³/mol. The van der Waals surface area contributed by atoms with E-state index in [4.69, 9.17) is 4.74 Å². The van der Waals surface area contributed by atoms with Gasteiger partial charge in [-0.1, -0.05) is 0 Å². The molecule has 2 N–H and O–H groups in total. The predicted octanol–water partition coefficient (Wildman–Crippen LogP) is -0.855. The number of aliphatic hydroxyl groups excluding tert-OH is 1. The third-order valence-corrected chi connectivity index (χ3v) is 1.47. The molecule has 4 nitrogen and oxygen atoms in total. The Kier molecular flexibility index (Phi) is 7.39. The monoisotopic (exact) mass is 176 g/mol. The van der Waals surface area contributed by atoms with Gasteiger partial charge >= 0.3 is 0 Å². The molecule has 1 unspecified atom stereocenters. The Bertz CT molecular complexity index is 99.1. The second kappa shape index (κ2) is 7.49. The second-order valence-corrected chi connectivity index (χ2v) is 3.12. The smallest absolute Gasteiger partial charge is 0.0897 e. The van der Waals surface area contributed by atoms with Crippen LogP contribution in [0.3, 0.4) is 0 Å². The molecule has 0 amide bonds. The summed E-state index contributed by atoms with van der Waals surface area (Å²) in [6.07, 6.45) is -0.392. The maximum absolute atomic E-state index is 9.21. The van der Waals surface area contributed by atoms with Crippen LogP contribution in [0, 0.1) is 0 Å². The number of methoxy groups -OCH3 is 1. The van der Waals surface area contributed by atoms with Crippen molar-refractivity contribution in [2.75, 3.05) is 47.4 Å². The maximum atomic E-state index is 9.21. The Hall–Kier alpha value is -0.160. The molecule has 0 rings (SSSR count). The SMILES string of the molecule is COCC(O)CNCCN(C)C. The van der Waals surface area contributed by atoms with Gasteiger partial charge < -0.3 is 20.1 Å². The minimum absolute atomic E-state index is 0.392.